The maximum Gasteiger partial charge on any atom is 0.241 e. The van der Waals surface area contributed by atoms with Crippen molar-refractivity contribution in [3.05, 3.63) is 35.7 Å². The zero-order chi connectivity index (χ0) is 11.5. The molecule has 16 heavy (non-hydrogen) atoms. The van der Waals surface area contributed by atoms with Gasteiger partial charge in [-0.1, -0.05) is 6.07 Å². The smallest absolute Gasteiger partial charge is 0.241 e. The van der Waals surface area contributed by atoms with Crippen molar-refractivity contribution in [1.82, 2.24) is 9.97 Å². The lowest BCUT2D eigenvalue weighted by molar-refractivity contribution is -0.113. The lowest BCUT2D eigenvalue weighted by Gasteiger charge is -1.92. The molecule has 5 N–H and O–H groups in total. The fourth-order valence-corrected chi connectivity index (χ4v) is 1.46. The van der Waals surface area contributed by atoms with Crippen molar-refractivity contribution in [2.45, 2.75) is 6.54 Å². The highest BCUT2D eigenvalue weighted by Gasteiger charge is 2.00. The van der Waals surface area contributed by atoms with Crippen LogP contribution in [0.2, 0.25) is 0 Å². The molecule has 0 aliphatic carbocycles. The predicted molar refractivity (Wildman–Crippen MR) is 62.2 cm³/mol. The van der Waals surface area contributed by atoms with Crippen LogP contribution in [0.3, 0.4) is 0 Å². The van der Waals surface area contributed by atoms with Gasteiger partial charge in [0.15, 0.2) is 0 Å². The summed E-state index contributed by atoms with van der Waals surface area (Å²) in [6, 6.07) is 5.62. The normalized spacial score (nSPS) is 11.3. The molecule has 5 heteroatoms. The van der Waals surface area contributed by atoms with Crippen molar-refractivity contribution in [2.75, 3.05) is 0 Å². The van der Waals surface area contributed by atoms with E-state index in [0.717, 1.165) is 22.4 Å². The van der Waals surface area contributed by atoms with E-state index in [1.54, 1.807) is 6.08 Å². The summed E-state index contributed by atoms with van der Waals surface area (Å²) in [5, 5.41) is 0. The third-order valence-electron chi connectivity index (χ3n) is 2.19. The predicted octanol–water partition coefficient (Wildman–Crippen LogP) is 0.520. The van der Waals surface area contributed by atoms with Gasteiger partial charge in [-0.25, -0.2) is 4.98 Å². The zero-order valence-corrected chi connectivity index (χ0v) is 8.60. The molecule has 1 heterocycles. The molecule has 0 radical (unpaired) electrons. The summed E-state index contributed by atoms with van der Waals surface area (Å²) in [5.41, 5.74) is 13.1. The van der Waals surface area contributed by atoms with Gasteiger partial charge in [0.05, 0.1) is 17.6 Å². The van der Waals surface area contributed by atoms with Gasteiger partial charge in [-0.3, -0.25) is 4.79 Å². The monoisotopic (exact) mass is 216 g/mol. The van der Waals surface area contributed by atoms with E-state index in [9.17, 15) is 4.79 Å². The Bertz CT molecular complexity index is 556. The van der Waals surface area contributed by atoms with Crippen LogP contribution in [0.4, 0.5) is 0 Å². The van der Waals surface area contributed by atoms with E-state index in [0.29, 0.717) is 6.54 Å². The molecule has 0 bridgehead atoms. The number of H-pyrrole nitrogens is 1. The molecule has 0 aliphatic rings. The first-order valence-electron chi connectivity index (χ1n) is 4.85. The van der Waals surface area contributed by atoms with Crippen LogP contribution in [0.1, 0.15) is 11.4 Å². The summed E-state index contributed by atoms with van der Waals surface area (Å²) in [6.45, 7) is 0.376. The number of benzene rings is 1. The van der Waals surface area contributed by atoms with E-state index in [-0.39, 0.29) is 0 Å². The van der Waals surface area contributed by atoms with Crippen LogP contribution in [0.5, 0.6) is 0 Å². The summed E-state index contributed by atoms with van der Waals surface area (Å²) in [6.07, 6.45) is 2.98. The van der Waals surface area contributed by atoms with Gasteiger partial charge in [0.2, 0.25) is 5.91 Å². The molecule has 0 unspecified atom stereocenters. The second-order valence-electron chi connectivity index (χ2n) is 3.40. The average molecular weight is 216 g/mol. The first-order valence-corrected chi connectivity index (χ1v) is 4.85. The van der Waals surface area contributed by atoms with Crippen molar-refractivity contribution >= 4 is 23.0 Å². The molecular weight excluding hydrogens is 204 g/mol. The molecule has 1 amide bonds. The maximum atomic E-state index is 10.6. The van der Waals surface area contributed by atoms with E-state index in [1.807, 2.05) is 18.2 Å². The first-order chi connectivity index (χ1) is 7.69. The zero-order valence-electron chi connectivity index (χ0n) is 8.60. The molecule has 0 saturated heterocycles. The van der Waals surface area contributed by atoms with Crippen LogP contribution in [0, 0.1) is 0 Å². The van der Waals surface area contributed by atoms with Gasteiger partial charge in [-0.15, -0.1) is 0 Å². The highest BCUT2D eigenvalue weighted by molar-refractivity contribution is 5.91. The number of nitrogens with one attached hydrogen (secondary N) is 1. The number of hydrogen-bond acceptors (Lipinski definition) is 3. The lowest BCUT2D eigenvalue weighted by atomic mass is 10.2. The minimum atomic E-state index is -0.465. The number of hydrogen-bond donors (Lipinski definition) is 3. The summed E-state index contributed by atoms with van der Waals surface area (Å²) in [4.78, 5) is 17.9. The van der Waals surface area contributed by atoms with Gasteiger partial charge < -0.3 is 16.5 Å². The fraction of sp³-hybridized carbons (Fsp3) is 0.0909. The van der Waals surface area contributed by atoms with Gasteiger partial charge in [-0.2, -0.15) is 0 Å². The standard InChI is InChI=1S/C11H12N4O/c12-6-11-14-8-3-1-7(2-4-10(13)16)5-9(8)15-11/h1-5H,6,12H2,(H2,13,16)(H,14,15)/b4-2+. The molecule has 0 atom stereocenters. The van der Waals surface area contributed by atoms with E-state index >= 15 is 0 Å². The third-order valence-corrected chi connectivity index (χ3v) is 2.19. The van der Waals surface area contributed by atoms with Gasteiger partial charge in [0.1, 0.15) is 5.82 Å². The van der Waals surface area contributed by atoms with E-state index in [1.165, 1.54) is 6.08 Å². The minimum absolute atomic E-state index is 0.376. The molecule has 2 rings (SSSR count). The van der Waals surface area contributed by atoms with Crippen molar-refractivity contribution in [2.24, 2.45) is 11.5 Å². The number of amides is 1. The maximum absolute atomic E-state index is 10.6. The number of carbonyl (C=O) groups excluding carboxylic acids is 1. The Kier molecular flexibility index (Phi) is 2.70. The molecule has 5 nitrogen and oxygen atoms in total. The second-order valence-corrected chi connectivity index (χ2v) is 3.40. The second kappa shape index (κ2) is 4.16. The molecule has 0 saturated carbocycles. The van der Waals surface area contributed by atoms with Crippen molar-refractivity contribution in [3.8, 4) is 0 Å². The van der Waals surface area contributed by atoms with Gasteiger partial charge in [0.25, 0.3) is 0 Å². The van der Waals surface area contributed by atoms with Gasteiger partial charge in [0, 0.05) is 6.08 Å². The number of primary amides is 1. The average Bonchev–Trinajstić information content (AvgIpc) is 2.68. The molecule has 1 aromatic carbocycles. The summed E-state index contributed by atoms with van der Waals surface area (Å²) < 4.78 is 0. The molecule has 2 aromatic rings. The van der Waals surface area contributed by atoms with Crippen molar-refractivity contribution in [1.29, 1.82) is 0 Å². The molecule has 0 fully saturated rings. The Morgan fingerprint density at radius 2 is 2.31 bits per heavy atom. The number of imidazole rings is 1. The largest absolute Gasteiger partial charge is 0.366 e. The van der Waals surface area contributed by atoms with Crippen LogP contribution in [0.15, 0.2) is 24.3 Å². The van der Waals surface area contributed by atoms with Crippen LogP contribution >= 0.6 is 0 Å². The van der Waals surface area contributed by atoms with Crippen LogP contribution in [-0.4, -0.2) is 15.9 Å². The number of aromatic nitrogens is 2. The first kappa shape index (κ1) is 10.4. The Morgan fingerprint density at radius 1 is 1.50 bits per heavy atom. The summed E-state index contributed by atoms with van der Waals surface area (Å²) in [7, 11) is 0. The minimum Gasteiger partial charge on any atom is -0.366 e. The summed E-state index contributed by atoms with van der Waals surface area (Å²) >= 11 is 0. The SMILES string of the molecule is NCc1nc2ccc(/C=C/C(N)=O)cc2[nH]1. The molecular formula is C11H12N4O. The summed E-state index contributed by atoms with van der Waals surface area (Å²) in [5.74, 6) is 0.276. The Morgan fingerprint density at radius 3 is 3.00 bits per heavy atom. The quantitative estimate of drug-likeness (QED) is 0.652. The third kappa shape index (κ3) is 2.09. The van der Waals surface area contributed by atoms with Gasteiger partial charge >= 0.3 is 0 Å². The highest BCUT2D eigenvalue weighted by atomic mass is 16.1. The number of rotatable bonds is 3. The highest BCUT2D eigenvalue weighted by Crippen LogP contribution is 2.14. The van der Waals surface area contributed by atoms with Gasteiger partial charge in [-0.05, 0) is 23.8 Å². The number of nitrogens with zero attached hydrogens (tertiary/aromatic N) is 1. The Hall–Kier alpha value is -2.14. The molecule has 1 aromatic heterocycles. The molecule has 82 valence electrons. The van der Waals surface area contributed by atoms with E-state index in [2.05, 4.69) is 9.97 Å². The van der Waals surface area contributed by atoms with Crippen LogP contribution in [0.25, 0.3) is 17.1 Å². The number of fused-ring (bicyclic) bond motifs is 1. The van der Waals surface area contributed by atoms with E-state index in [4.69, 9.17) is 11.5 Å². The number of carbonyl (C=O) groups is 1. The van der Waals surface area contributed by atoms with Crippen LogP contribution in [-0.2, 0) is 11.3 Å². The lowest BCUT2D eigenvalue weighted by Crippen LogP contribution is -2.04. The topological polar surface area (TPSA) is 97.8 Å². The fourth-order valence-electron chi connectivity index (χ4n) is 1.46. The van der Waals surface area contributed by atoms with Crippen LogP contribution < -0.4 is 11.5 Å². The van der Waals surface area contributed by atoms with E-state index < -0.39 is 5.91 Å². The van der Waals surface area contributed by atoms with Crippen molar-refractivity contribution < 1.29 is 4.79 Å². The number of nitrogens with two attached hydrogens (primary N) is 2. The molecule has 0 spiro atoms. The Labute approximate surface area is 92.2 Å². The Balaban J connectivity index is 2.39. The van der Waals surface area contributed by atoms with Crippen molar-refractivity contribution in [3.63, 3.8) is 0 Å². The molecule has 0 aliphatic heterocycles. The number of aromatic amines is 1.